The monoisotopic (exact) mass is 366 g/mol. The average molecular weight is 367 g/mol. The van der Waals surface area contributed by atoms with Crippen molar-refractivity contribution in [1.29, 1.82) is 0 Å². The van der Waals surface area contributed by atoms with Crippen LogP contribution in [-0.4, -0.2) is 51.4 Å². The molecule has 1 aliphatic rings. The van der Waals surface area contributed by atoms with Gasteiger partial charge in [0.2, 0.25) is 0 Å². The summed E-state index contributed by atoms with van der Waals surface area (Å²) in [5, 5.41) is 0. The van der Waals surface area contributed by atoms with Crippen LogP contribution in [0.3, 0.4) is 0 Å². The Morgan fingerprint density at radius 3 is 2.58 bits per heavy atom. The molecule has 19 heavy (non-hydrogen) atoms. The van der Waals surface area contributed by atoms with Gasteiger partial charge < -0.3 is 4.90 Å². The molecule has 0 aliphatic carbocycles. The van der Waals surface area contributed by atoms with Gasteiger partial charge in [-0.25, -0.2) is 8.42 Å². The van der Waals surface area contributed by atoms with Crippen LogP contribution in [0.15, 0.2) is 20.1 Å². The number of sulfonamides is 1. The summed E-state index contributed by atoms with van der Waals surface area (Å²) in [7, 11) is 0.470. The van der Waals surface area contributed by atoms with Crippen LogP contribution in [-0.2, 0) is 10.0 Å². The molecule has 0 radical (unpaired) electrons. The normalized spacial score (nSPS) is 19.2. The Morgan fingerprint density at radius 1 is 1.42 bits per heavy atom. The van der Waals surface area contributed by atoms with E-state index in [0.717, 1.165) is 29.7 Å². The highest BCUT2D eigenvalue weighted by Gasteiger charge is 2.26. The Hall–Kier alpha value is 0.0500. The van der Waals surface area contributed by atoms with Crippen molar-refractivity contribution in [3.8, 4) is 0 Å². The molecular weight excluding hydrogens is 348 g/mol. The lowest BCUT2D eigenvalue weighted by molar-refractivity contribution is 0.202. The van der Waals surface area contributed by atoms with Crippen molar-refractivity contribution in [1.82, 2.24) is 9.21 Å². The zero-order chi connectivity index (χ0) is 14.0. The predicted octanol–water partition coefficient (Wildman–Crippen LogP) is 2.47. The van der Waals surface area contributed by atoms with Crippen molar-refractivity contribution in [3.63, 3.8) is 0 Å². The minimum Gasteiger partial charge on any atom is -0.306 e. The van der Waals surface area contributed by atoms with Crippen LogP contribution < -0.4 is 0 Å². The molecule has 0 unspecified atom stereocenters. The van der Waals surface area contributed by atoms with Gasteiger partial charge in [-0.2, -0.15) is 4.31 Å². The van der Waals surface area contributed by atoms with Crippen molar-refractivity contribution in [2.75, 3.05) is 33.7 Å². The van der Waals surface area contributed by atoms with E-state index in [2.05, 4.69) is 27.9 Å². The minimum atomic E-state index is -3.32. The summed E-state index contributed by atoms with van der Waals surface area (Å²) >= 11 is 4.57. The number of hydrogen-bond acceptors (Lipinski definition) is 4. The number of piperidine rings is 1. The highest BCUT2D eigenvalue weighted by atomic mass is 79.9. The van der Waals surface area contributed by atoms with Crippen LogP contribution in [0.25, 0.3) is 0 Å². The van der Waals surface area contributed by atoms with Gasteiger partial charge in [0.1, 0.15) is 4.21 Å². The van der Waals surface area contributed by atoms with Gasteiger partial charge in [-0.1, -0.05) is 0 Å². The molecule has 1 saturated heterocycles. The summed E-state index contributed by atoms with van der Waals surface area (Å²) in [5.74, 6) is 0.472. The zero-order valence-corrected chi connectivity index (χ0v) is 14.4. The lowest BCUT2D eigenvalue weighted by Gasteiger charge is -2.31. The summed E-state index contributed by atoms with van der Waals surface area (Å²) in [4.78, 5) is 2.29. The number of likely N-dealkylation sites (tertiary alicyclic amines) is 1. The number of rotatable bonds is 4. The first kappa shape index (κ1) is 15.4. The first-order valence-corrected chi connectivity index (χ1v) is 9.35. The molecule has 0 atom stereocenters. The Balaban J connectivity index is 2.01. The summed E-state index contributed by atoms with van der Waals surface area (Å²) in [5.41, 5.74) is 0. The Morgan fingerprint density at radius 2 is 2.05 bits per heavy atom. The van der Waals surface area contributed by atoms with Crippen molar-refractivity contribution in [3.05, 3.63) is 15.9 Å². The van der Waals surface area contributed by atoms with E-state index in [0.29, 0.717) is 16.7 Å². The van der Waals surface area contributed by atoms with Gasteiger partial charge in [-0.15, -0.1) is 11.3 Å². The molecule has 0 bridgehead atoms. The minimum absolute atomic E-state index is 0.412. The van der Waals surface area contributed by atoms with Crippen LogP contribution in [0.5, 0.6) is 0 Å². The fraction of sp³-hybridized carbons (Fsp3) is 0.667. The molecule has 2 heterocycles. The van der Waals surface area contributed by atoms with Gasteiger partial charge in [-0.3, -0.25) is 0 Å². The van der Waals surface area contributed by atoms with Gasteiger partial charge in [0.15, 0.2) is 0 Å². The first-order valence-electron chi connectivity index (χ1n) is 6.30. The number of nitrogens with zero attached hydrogens (tertiary/aromatic N) is 2. The number of halogens is 1. The Bertz CT molecular complexity index is 522. The SMILES string of the molecule is CN1CCC(CN(C)S(=O)(=O)c2ccc(Br)s2)CC1. The fourth-order valence-electron chi connectivity index (χ4n) is 2.30. The standard InChI is InChI=1S/C12H19BrN2O2S2/c1-14-7-5-10(6-8-14)9-15(2)19(16,17)12-4-3-11(13)18-12/h3-4,10H,5-9H2,1-2H3. The molecule has 1 aromatic heterocycles. The van der Waals surface area contributed by atoms with Crippen molar-refractivity contribution in [2.24, 2.45) is 5.92 Å². The summed E-state index contributed by atoms with van der Waals surface area (Å²) < 4.78 is 27.5. The van der Waals surface area contributed by atoms with Crippen LogP contribution in [0.2, 0.25) is 0 Å². The van der Waals surface area contributed by atoms with E-state index in [1.54, 1.807) is 19.2 Å². The zero-order valence-electron chi connectivity index (χ0n) is 11.2. The molecule has 1 aromatic rings. The second-order valence-electron chi connectivity index (χ2n) is 5.09. The van der Waals surface area contributed by atoms with E-state index in [4.69, 9.17) is 0 Å². The first-order chi connectivity index (χ1) is 8.89. The number of hydrogen-bond donors (Lipinski definition) is 0. The summed E-state index contributed by atoms with van der Waals surface area (Å²) in [6.45, 7) is 2.73. The second kappa shape index (κ2) is 6.22. The molecule has 0 amide bonds. The maximum atomic E-state index is 12.4. The quantitative estimate of drug-likeness (QED) is 0.821. The lowest BCUT2D eigenvalue weighted by atomic mass is 9.97. The molecule has 1 aliphatic heterocycles. The van der Waals surface area contributed by atoms with Gasteiger partial charge in [0.25, 0.3) is 10.0 Å². The van der Waals surface area contributed by atoms with E-state index in [9.17, 15) is 8.42 Å². The van der Waals surface area contributed by atoms with E-state index in [1.165, 1.54) is 15.6 Å². The van der Waals surface area contributed by atoms with Crippen LogP contribution in [0.4, 0.5) is 0 Å². The molecule has 1 fully saturated rings. The van der Waals surface area contributed by atoms with Crippen molar-refractivity contribution < 1.29 is 8.42 Å². The lowest BCUT2D eigenvalue weighted by Crippen LogP contribution is -2.37. The Labute approximate surface area is 127 Å². The van der Waals surface area contributed by atoms with Crippen molar-refractivity contribution in [2.45, 2.75) is 17.1 Å². The van der Waals surface area contributed by atoms with Crippen LogP contribution in [0.1, 0.15) is 12.8 Å². The van der Waals surface area contributed by atoms with E-state index < -0.39 is 10.0 Å². The van der Waals surface area contributed by atoms with E-state index in [1.807, 2.05) is 0 Å². The predicted molar refractivity (Wildman–Crippen MR) is 82.1 cm³/mol. The van der Waals surface area contributed by atoms with Crippen LogP contribution in [0, 0.1) is 5.92 Å². The molecule has 2 rings (SSSR count). The molecule has 4 nitrogen and oxygen atoms in total. The highest BCUT2D eigenvalue weighted by molar-refractivity contribution is 9.11. The smallest absolute Gasteiger partial charge is 0.252 e. The summed E-state index contributed by atoms with van der Waals surface area (Å²) in [6.07, 6.45) is 2.15. The van der Waals surface area contributed by atoms with E-state index in [-0.39, 0.29) is 0 Å². The molecule has 0 N–H and O–H groups in total. The third-order valence-corrected chi connectivity index (χ3v) is 7.48. The maximum absolute atomic E-state index is 12.4. The Kier molecular flexibility index (Phi) is 5.05. The third-order valence-electron chi connectivity index (χ3n) is 3.57. The topological polar surface area (TPSA) is 40.6 Å². The largest absolute Gasteiger partial charge is 0.306 e. The van der Waals surface area contributed by atoms with Crippen LogP contribution >= 0.6 is 27.3 Å². The van der Waals surface area contributed by atoms with Gasteiger partial charge in [0.05, 0.1) is 3.79 Å². The molecule has 0 saturated carbocycles. The van der Waals surface area contributed by atoms with Gasteiger partial charge in [-0.05, 0) is 67.0 Å². The maximum Gasteiger partial charge on any atom is 0.252 e. The molecule has 108 valence electrons. The fourth-order valence-corrected chi connectivity index (χ4v) is 5.76. The van der Waals surface area contributed by atoms with Crippen molar-refractivity contribution >= 4 is 37.3 Å². The molecule has 0 spiro atoms. The average Bonchev–Trinajstić information content (AvgIpc) is 2.79. The molecule has 0 aromatic carbocycles. The van der Waals surface area contributed by atoms with Gasteiger partial charge >= 0.3 is 0 Å². The molecule has 7 heteroatoms. The summed E-state index contributed by atoms with van der Waals surface area (Å²) in [6, 6.07) is 3.44. The third kappa shape index (κ3) is 3.78. The van der Waals surface area contributed by atoms with Gasteiger partial charge in [0, 0.05) is 13.6 Å². The molecular formula is C12H19BrN2O2S2. The second-order valence-corrected chi connectivity index (χ2v) is 9.83. The number of thiophene rings is 1. The highest BCUT2D eigenvalue weighted by Crippen LogP contribution is 2.29. The van der Waals surface area contributed by atoms with E-state index >= 15 is 0 Å².